The van der Waals surface area contributed by atoms with Crippen LogP contribution in [0.2, 0.25) is 0 Å². The third-order valence-electron chi connectivity index (χ3n) is 3.93. The van der Waals surface area contributed by atoms with Gasteiger partial charge in [0, 0.05) is 5.56 Å². The lowest BCUT2D eigenvalue weighted by atomic mass is 10.1. The highest BCUT2D eigenvalue weighted by Gasteiger charge is 2.33. The summed E-state index contributed by atoms with van der Waals surface area (Å²) in [5.74, 6) is -0.0677. The van der Waals surface area contributed by atoms with Crippen molar-refractivity contribution in [3.63, 3.8) is 0 Å². The number of rotatable bonds is 3. The van der Waals surface area contributed by atoms with E-state index in [1.54, 1.807) is 0 Å². The highest BCUT2D eigenvalue weighted by atomic mass is 16.1. The summed E-state index contributed by atoms with van der Waals surface area (Å²) in [6, 6.07) is 19.3. The largest absolute Gasteiger partial charge is 0.342 e. The topological polar surface area (TPSA) is 44.7 Å². The van der Waals surface area contributed by atoms with E-state index < -0.39 is 0 Å². The Balaban J connectivity index is 1.76. The second-order valence-electron chi connectivity index (χ2n) is 5.48. The fraction of sp³-hybridized carbons (Fsp3) is 0.222. The second-order valence-corrected chi connectivity index (χ2v) is 5.48. The molecule has 4 heteroatoms. The summed E-state index contributed by atoms with van der Waals surface area (Å²) < 4.78 is 0. The van der Waals surface area contributed by atoms with E-state index in [2.05, 4.69) is 17.3 Å². The first-order valence-electron chi connectivity index (χ1n) is 7.42. The number of benzene rings is 2. The van der Waals surface area contributed by atoms with E-state index in [1.165, 1.54) is 0 Å². The van der Waals surface area contributed by atoms with Gasteiger partial charge < -0.3 is 5.32 Å². The molecule has 1 heterocycles. The zero-order valence-electron chi connectivity index (χ0n) is 12.7. The standard InChI is InChI=1S/C18H19N3O/c1-13-17(19-18(22)15-9-5-3-6-10-15)14(2)21(20-13)16-11-7-4-8-12-16/h3-12,14,17H,1-2H3,(H,19,22)/t14-,17+/m1/s1. The van der Waals surface area contributed by atoms with Gasteiger partial charge >= 0.3 is 0 Å². The maximum absolute atomic E-state index is 12.4. The van der Waals surface area contributed by atoms with Gasteiger partial charge in [-0.2, -0.15) is 5.10 Å². The Labute approximate surface area is 130 Å². The molecular weight excluding hydrogens is 274 g/mol. The van der Waals surface area contributed by atoms with Crippen molar-refractivity contribution in [2.75, 3.05) is 5.01 Å². The van der Waals surface area contributed by atoms with Gasteiger partial charge in [-0.1, -0.05) is 36.4 Å². The van der Waals surface area contributed by atoms with Crippen molar-refractivity contribution < 1.29 is 4.79 Å². The van der Waals surface area contributed by atoms with Crippen LogP contribution in [0.4, 0.5) is 5.69 Å². The van der Waals surface area contributed by atoms with E-state index in [4.69, 9.17) is 0 Å². The molecule has 0 saturated heterocycles. The van der Waals surface area contributed by atoms with Gasteiger partial charge in [0.05, 0.1) is 23.5 Å². The van der Waals surface area contributed by atoms with Crippen molar-refractivity contribution >= 4 is 17.3 Å². The summed E-state index contributed by atoms with van der Waals surface area (Å²) in [5.41, 5.74) is 2.62. The molecule has 22 heavy (non-hydrogen) atoms. The van der Waals surface area contributed by atoms with Crippen molar-refractivity contribution in [1.29, 1.82) is 0 Å². The number of carbonyl (C=O) groups is 1. The van der Waals surface area contributed by atoms with Crippen LogP contribution in [0, 0.1) is 0 Å². The van der Waals surface area contributed by atoms with Crippen molar-refractivity contribution in [2.24, 2.45) is 5.10 Å². The molecule has 0 spiro atoms. The first-order chi connectivity index (χ1) is 10.7. The van der Waals surface area contributed by atoms with Crippen LogP contribution in [0.25, 0.3) is 0 Å². The number of carbonyl (C=O) groups excluding carboxylic acids is 1. The molecule has 2 atom stereocenters. The summed E-state index contributed by atoms with van der Waals surface area (Å²) in [5, 5.41) is 9.65. The first-order valence-corrected chi connectivity index (χ1v) is 7.42. The number of hydrogen-bond donors (Lipinski definition) is 1. The third kappa shape index (κ3) is 2.72. The van der Waals surface area contributed by atoms with E-state index >= 15 is 0 Å². The van der Waals surface area contributed by atoms with Gasteiger partial charge in [0.25, 0.3) is 5.91 Å². The van der Waals surface area contributed by atoms with Gasteiger partial charge in [0.2, 0.25) is 0 Å². The fourth-order valence-corrected chi connectivity index (χ4v) is 2.73. The van der Waals surface area contributed by atoms with Crippen LogP contribution < -0.4 is 10.3 Å². The number of hydrogen-bond acceptors (Lipinski definition) is 3. The van der Waals surface area contributed by atoms with Gasteiger partial charge in [0.1, 0.15) is 0 Å². The molecule has 2 aromatic carbocycles. The monoisotopic (exact) mass is 293 g/mol. The zero-order valence-corrected chi connectivity index (χ0v) is 12.7. The molecule has 0 unspecified atom stereocenters. The van der Waals surface area contributed by atoms with Crippen LogP contribution in [-0.2, 0) is 0 Å². The molecule has 1 aliphatic heterocycles. The number of amides is 1. The second kappa shape index (κ2) is 6.02. The lowest BCUT2D eigenvalue weighted by Gasteiger charge is -2.25. The van der Waals surface area contributed by atoms with Gasteiger partial charge in [-0.25, -0.2) is 0 Å². The van der Waals surface area contributed by atoms with Crippen LogP contribution >= 0.6 is 0 Å². The van der Waals surface area contributed by atoms with Gasteiger partial charge in [-0.15, -0.1) is 0 Å². The zero-order chi connectivity index (χ0) is 15.5. The quantitative estimate of drug-likeness (QED) is 0.945. The maximum Gasteiger partial charge on any atom is 0.251 e. The van der Waals surface area contributed by atoms with Gasteiger partial charge in [-0.05, 0) is 38.1 Å². The molecule has 2 aromatic rings. The molecule has 1 N–H and O–H groups in total. The third-order valence-corrected chi connectivity index (χ3v) is 3.93. The number of anilines is 1. The lowest BCUT2D eigenvalue weighted by Crippen LogP contribution is -2.47. The number of para-hydroxylation sites is 1. The van der Waals surface area contributed by atoms with Crippen molar-refractivity contribution in [1.82, 2.24) is 5.32 Å². The Bertz CT molecular complexity index is 682. The van der Waals surface area contributed by atoms with E-state index in [-0.39, 0.29) is 18.0 Å². The van der Waals surface area contributed by atoms with E-state index in [0.717, 1.165) is 11.4 Å². The Kier molecular flexibility index (Phi) is 3.92. The molecule has 0 radical (unpaired) electrons. The predicted molar refractivity (Wildman–Crippen MR) is 89.2 cm³/mol. The van der Waals surface area contributed by atoms with Crippen molar-refractivity contribution in [2.45, 2.75) is 25.9 Å². The van der Waals surface area contributed by atoms with E-state index in [0.29, 0.717) is 5.56 Å². The normalized spacial score (nSPS) is 20.6. The highest BCUT2D eigenvalue weighted by Crippen LogP contribution is 2.24. The fourth-order valence-electron chi connectivity index (χ4n) is 2.73. The molecule has 0 aliphatic carbocycles. The van der Waals surface area contributed by atoms with E-state index in [1.807, 2.05) is 72.6 Å². The lowest BCUT2D eigenvalue weighted by molar-refractivity contribution is 0.0944. The summed E-state index contributed by atoms with van der Waals surface area (Å²) in [6.07, 6.45) is 0. The van der Waals surface area contributed by atoms with E-state index in [9.17, 15) is 4.79 Å². The molecule has 3 rings (SSSR count). The average Bonchev–Trinajstić information content (AvgIpc) is 2.84. The minimum Gasteiger partial charge on any atom is -0.342 e. The van der Waals surface area contributed by atoms with Crippen LogP contribution in [0.3, 0.4) is 0 Å². The number of nitrogens with zero attached hydrogens (tertiary/aromatic N) is 2. The Morgan fingerprint density at radius 3 is 2.27 bits per heavy atom. The molecule has 0 bridgehead atoms. The van der Waals surface area contributed by atoms with Crippen LogP contribution in [0.1, 0.15) is 24.2 Å². The Hall–Kier alpha value is -2.62. The SMILES string of the molecule is CC1=NN(c2ccccc2)[C@H](C)[C@H]1NC(=O)c1ccccc1. The van der Waals surface area contributed by atoms with Crippen molar-refractivity contribution in [3.8, 4) is 0 Å². The van der Waals surface area contributed by atoms with Crippen LogP contribution in [0.15, 0.2) is 65.8 Å². The summed E-state index contributed by atoms with van der Waals surface area (Å²) in [6.45, 7) is 4.03. The summed E-state index contributed by atoms with van der Waals surface area (Å²) >= 11 is 0. The average molecular weight is 293 g/mol. The smallest absolute Gasteiger partial charge is 0.251 e. The van der Waals surface area contributed by atoms with Gasteiger partial charge in [0.15, 0.2) is 0 Å². The molecule has 1 aliphatic rings. The maximum atomic E-state index is 12.4. The molecule has 4 nitrogen and oxygen atoms in total. The highest BCUT2D eigenvalue weighted by molar-refractivity contribution is 6.00. The first kappa shape index (κ1) is 14.3. The molecule has 1 amide bonds. The molecule has 0 fully saturated rings. The van der Waals surface area contributed by atoms with Crippen LogP contribution in [-0.4, -0.2) is 23.7 Å². The number of nitrogens with one attached hydrogen (secondary N) is 1. The van der Waals surface area contributed by atoms with Crippen LogP contribution in [0.5, 0.6) is 0 Å². The summed E-state index contributed by atoms with van der Waals surface area (Å²) in [4.78, 5) is 12.4. The molecule has 112 valence electrons. The molecular formula is C18H19N3O. The Morgan fingerprint density at radius 1 is 1.05 bits per heavy atom. The summed E-state index contributed by atoms with van der Waals surface area (Å²) in [7, 11) is 0. The number of hydrazone groups is 1. The Morgan fingerprint density at radius 2 is 1.64 bits per heavy atom. The molecule has 0 saturated carbocycles. The van der Waals surface area contributed by atoms with Crippen molar-refractivity contribution in [3.05, 3.63) is 66.2 Å². The van der Waals surface area contributed by atoms with Gasteiger partial charge in [-0.3, -0.25) is 9.80 Å². The minimum atomic E-state index is -0.0899. The molecule has 0 aromatic heterocycles. The predicted octanol–water partition coefficient (Wildman–Crippen LogP) is 3.07. The minimum absolute atomic E-state index is 0.0677.